The first-order chi connectivity index (χ1) is 9.83. The molecule has 1 heterocycles. The van der Waals surface area contributed by atoms with Crippen LogP contribution in [0.4, 0.5) is 5.82 Å². The van der Waals surface area contributed by atoms with Gasteiger partial charge in [-0.25, -0.2) is 4.98 Å². The minimum absolute atomic E-state index is 0.518. The molecule has 3 heteroatoms. The fourth-order valence-corrected chi connectivity index (χ4v) is 2.97. The highest BCUT2D eigenvalue weighted by Crippen LogP contribution is 2.34. The van der Waals surface area contributed by atoms with E-state index in [9.17, 15) is 0 Å². The van der Waals surface area contributed by atoms with Crippen molar-refractivity contribution in [2.75, 3.05) is 18.0 Å². The summed E-state index contributed by atoms with van der Waals surface area (Å²) >= 11 is 6.04. The lowest BCUT2D eigenvalue weighted by Gasteiger charge is -2.25. The Kier molecular flexibility index (Phi) is 4.11. The van der Waals surface area contributed by atoms with E-state index in [1.807, 2.05) is 6.20 Å². The lowest BCUT2D eigenvalue weighted by atomic mass is 10.1. The molecule has 1 fully saturated rings. The number of pyridine rings is 1. The Morgan fingerprint density at radius 1 is 1.25 bits per heavy atom. The third-order valence-corrected chi connectivity index (χ3v) is 4.26. The number of alkyl halides is 1. The normalized spacial score (nSPS) is 14.7. The van der Waals surface area contributed by atoms with Crippen molar-refractivity contribution in [1.29, 1.82) is 0 Å². The molecule has 0 aliphatic heterocycles. The Bertz CT molecular complexity index is 593. The average molecular weight is 289 g/mol. The zero-order valence-corrected chi connectivity index (χ0v) is 12.7. The van der Waals surface area contributed by atoms with Gasteiger partial charge in [0, 0.05) is 30.6 Å². The summed E-state index contributed by atoms with van der Waals surface area (Å²) in [6.07, 6.45) is 5.84. The van der Waals surface area contributed by atoms with Gasteiger partial charge in [0.15, 0.2) is 0 Å². The van der Waals surface area contributed by atoms with E-state index >= 15 is 0 Å². The zero-order chi connectivity index (χ0) is 13.9. The second-order valence-corrected chi connectivity index (χ2v) is 5.94. The second kappa shape index (κ2) is 6.01. The van der Waals surface area contributed by atoms with E-state index in [1.165, 1.54) is 23.6 Å². The lowest BCUT2D eigenvalue weighted by molar-refractivity contribution is 0.702. The van der Waals surface area contributed by atoms with Crippen LogP contribution in [0.25, 0.3) is 10.8 Å². The number of aromatic nitrogens is 1. The van der Waals surface area contributed by atoms with E-state index in [2.05, 4.69) is 36.1 Å². The number of fused-ring (bicyclic) bond motifs is 1. The van der Waals surface area contributed by atoms with Crippen molar-refractivity contribution in [1.82, 2.24) is 4.98 Å². The van der Waals surface area contributed by atoms with Crippen molar-refractivity contribution < 1.29 is 0 Å². The fraction of sp³-hybridized carbons (Fsp3) is 0.471. The molecule has 2 aromatic rings. The summed E-state index contributed by atoms with van der Waals surface area (Å²) in [6, 6.07) is 8.49. The van der Waals surface area contributed by atoms with Crippen LogP contribution in [-0.4, -0.2) is 18.1 Å². The van der Waals surface area contributed by atoms with Crippen LogP contribution in [0.2, 0.25) is 0 Å². The highest BCUT2D eigenvalue weighted by Gasteiger charge is 2.25. The number of benzene rings is 1. The topological polar surface area (TPSA) is 16.1 Å². The summed E-state index contributed by atoms with van der Waals surface area (Å²) in [7, 11) is 0. The van der Waals surface area contributed by atoms with Crippen LogP contribution in [0.15, 0.2) is 30.5 Å². The molecular formula is C17H21ClN2. The maximum Gasteiger partial charge on any atom is 0.136 e. The minimum atomic E-state index is 0.518. The highest BCUT2D eigenvalue weighted by atomic mass is 35.5. The number of hydrogen-bond acceptors (Lipinski definition) is 2. The molecule has 0 radical (unpaired) electrons. The SMILES string of the molecule is CCCN(CC1CC1)c1ncc(CCl)c2ccccc12. The van der Waals surface area contributed by atoms with Gasteiger partial charge in [0.1, 0.15) is 5.82 Å². The number of rotatable bonds is 6. The maximum atomic E-state index is 6.04. The molecule has 106 valence electrons. The van der Waals surface area contributed by atoms with Crippen molar-refractivity contribution in [2.45, 2.75) is 32.1 Å². The summed E-state index contributed by atoms with van der Waals surface area (Å²) in [5, 5.41) is 2.48. The Morgan fingerprint density at radius 2 is 2.00 bits per heavy atom. The van der Waals surface area contributed by atoms with E-state index in [0.717, 1.165) is 36.8 Å². The first-order valence-electron chi connectivity index (χ1n) is 7.51. The molecule has 1 aromatic heterocycles. The number of nitrogens with zero attached hydrogens (tertiary/aromatic N) is 2. The predicted molar refractivity (Wildman–Crippen MR) is 86.5 cm³/mol. The molecule has 0 unspecified atom stereocenters. The Hall–Kier alpha value is -1.28. The van der Waals surface area contributed by atoms with Gasteiger partial charge >= 0.3 is 0 Å². The summed E-state index contributed by atoms with van der Waals surface area (Å²) in [6.45, 7) is 4.45. The molecule has 0 atom stereocenters. The summed E-state index contributed by atoms with van der Waals surface area (Å²) < 4.78 is 0. The van der Waals surface area contributed by atoms with Crippen LogP contribution in [-0.2, 0) is 5.88 Å². The van der Waals surface area contributed by atoms with Crippen LogP contribution < -0.4 is 4.90 Å². The molecule has 1 aliphatic rings. The van der Waals surface area contributed by atoms with Crippen molar-refractivity contribution >= 4 is 28.2 Å². The summed E-state index contributed by atoms with van der Waals surface area (Å²) in [5.41, 5.74) is 1.12. The van der Waals surface area contributed by atoms with Gasteiger partial charge in [-0.2, -0.15) is 0 Å². The van der Waals surface area contributed by atoms with Crippen molar-refractivity contribution in [3.8, 4) is 0 Å². The quantitative estimate of drug-likeness (QED) is 0.722. The highest BCUT2D eigenvalue weighted by molar-refractivity contribution is 6.18. The van der Waals surface area contributed by atoms with Crippen LogP contribution in [0.1, 0.15) is 31.7 Å². The molecule has 20 heavy (non-hydrogen) atoms. The van der Waals surface area contributed by atoms with Crippen LogP contribution >= 0.6 is 11.6 Å². The van der Waals surface area contributed by atoms with Gasteiger partial charge < -0.3 is 4.90 Å². The summed E-state index contributed by atoms with van der Waals surface area (Å²) in [4.78, 5) is 7.18. The molecule has 3 rings (SSSR count). The van der Waals surface area contributed by atoms with Crippen LogP contribution in [0.5, 0.6) is 0 Å². The first-order valence-corrected chi connectivity index (χ1v) is 8.04. The third-order valence-electron chi connectivity index (χ3n) is 3.97. The molecule has 0 bridgehead atoms. The molecule has 1 saturated carbocycles. The van der Waals surface area contributed by atoms with Crippen molar-refractivity contribution in [3.63, 3.8) is 0 Å². The fourth-order valence-electron chi connectivity index (χ4n) is 2.76. The standard InChI is InChI=1S/C17H21ClN2/c1-2-9-20(12-13-7-8-13)17-16-6-4-3-5-15(16)14(10-18)11-19-17/h3-6,11,13H,2,7-10,12H2,1H3. The monoisotopic (exact) mass is 288 g/mol. The lowest BCUT2D eigenvalue weighted by Crippen LogP contribution is -2.27. The molecule has 0 spiro atoms. The minimum Gasteiger partial charge on any atom is -0.356 e. The van der Waals surface area contributed by atoms with Crippen LogP contribution in [0.3, 0.4) is 0 Å². The van der Waals surface area contributed by atoms with Gasteiger partial charge in [-0.15, -0.1) is 11.6 Å². The average Bonchev–Trinajstić information content (AvgIpc) is 3.30. The molecule has 1 aromatic carbocycles. The Balaban J connectivity index is 2.04. The van der Waals surface area contributed by atoms with E-state index in [-0.39, 0.29) is 0 Å². The van der Waals surface area contributed by atoms with E-state index in [1.54, 1.807) is 0 Å². The van der Waals surface area contributed by atoms with Crippen molar-refractivity contribution in [2.24, 2.45) is 5.92 Å². The van der Waals surface area contributed by atoms with Gasteiger partial charge in [0.2, 0.25) is 0 Å². The third kappa shape index (κ3) is 2.76. The molecule has 0 N–H and O–H groups in total. The molecule has 0 saturated heterocycles. The van der Waals surface area contributed by atoms with Gasteiger partial charge in [0.25, 0.3) is 0 Å². The van der Waals surface area contributed by atoms with Gasteiger partial charge in [-0.1, -0.05) is 31.2 Å². The van der Waals surface area contributed by atoms with Gasteiger partial charge in [-0.05, 0) is 36.1 Å². The Morgan fingerprint density at radius 3 is 2.65 bits per heavy atom. The Labute approximate surface area is 125 Å². The number of halogens is 1. The molecule has 2 nitrogen and oxygen atoms in total. The first kappa shape index (κ1) is 13.7. The van der Waals surface area contributed by atoms with Gasteiger partial charge in [-0.3, -0.25) is 0 Å². The van der Waals surface area contributed by atoms with Crippen molar-refractivity contribution in [3.05, 3.63) is 36.0 Å². The maximum absolute atomic E-state index is 6.04. The van der Waals surface area contributed by atoms with Crippen LogP contribution in [0, 0.1) is 5.92 Å². The van der Waals surface area contributed by atoms with Gasteiger partial charge in [0.05, 0.1) is 0 Å². The van der Waals surface area contributed by atoms with E-state index in [0.29, 0.717) is 5.88 Å². The molecule has 1 aliphatic carbocycles. The van der Waals surface area contributed by atoms with E-state index in [4.69, 9.17) is 16.6 Å². The second-order valence-electron chi connectivity index (χ2n) is 5.68. The largest absolute Gasteiger partial charge is 0.356 e. The zero-order valence-electron chi connectivity index (χ0n) is 12.0. The number of anilines is 1. The molecular weight excluding hydrogens is 268 g/mol. The number of hydrogen-bond donors (Lipinski definition) is 0. The smallest absolute Gasteiger partial charge is 0.136 e. The summed E-state index contributed by atoms with van der Waals surface area (Å²) in [5.74, 6) is 2.52. The van der Waals surface area contributed by atoms with E-state index < -0.39 is 0 Å². The predicted octanol–water partition coefficient (Wildman–Crippen LogP) is 4.60. The molecule has 0 amide bonds.